The number of carbonyl (C=O) groups is 1. The van der Waals surface area contributed by atoms with Gasteiger partial charge in [-0.05, 0) is 48.0 Å². The average molecular weight is 408 g/mol. The number of alkyl halides is 2. The number of carbonyl (C=O) groups excluding carboxylic acids is 1. The molecule has 4 rings (SSSR count). The van der Waals surface area contributed by atoms with E-state index in [0.29, 0.717) is 35.5 Å². The summed E-state index contributed by atoms with van der Waals surface area (Å²) in [5.41, 5.74) is 2.82. The Bertz CT molecular complexity index is 1160. The van der Waals surface area contributed by atoms with Crippen molar-refractivity contribution < 1.29 is 18.3 Å². The maximum Gasteiger partial charge on any atom is 0.295 e. The fourth-order valence-corrected chi connectivity index (χ4v) is 2.94. The average Bonchev–Trinajstić information content (AvgIpc) is 3.21. The maximum atomic E-state index is 12.8. The van der Waals surface area contributed by atoms with Gasteiger partial charge in [-0.15, -0.1) is 0 Å². The quantitative estimate of drug-likeness (QED) is 0.475. The van der Waals surface area contributed by atoms with E-state index < -0.39 is 12.2 Å². The molecule has 1 amide bonds. The van der Waals surface area contributed by atoms with Crippen molar-refractivity contribution in [3.63, 3.8) is 0 Å². The Balaban J connectivity index is 1.38. The van der Waals surface area contributed by atoms with Gasteiger partial charge in [0.15, 0.2) is 5.82 Å². The van der Waals surface area contributed by atoms with Crippen LogP contribution in [0.5, 0.6) is 5.75 Å². The molecule has 2 aromatic carbocycles. The molecule has 2 N–H and O–H groups in total. The molecule has 0 spiro atoms. The van der Waals surface area contributed by atoms with Crippen LogP contribution in [0.25, 0.3) is 11.0 Å². The van der Waals surface area contributed by atoms with Gasteiger partial charge in [-0.3, -0.25) is 9.78 Å². The highest BCUT2D eigenvalue weighted by Crippen LogP contribution is 2.21. The van der Waals surface area contributed by atoms with Crippen molar-refractivity contribution in [2.45, 2.75) is 19.6 Å². The van der Waals surface area contributed by atoms with E-state index in [-0.39, 0.29) is 5.91 Å². The third kappa shape index (κ3) is 4.60. The standard InChI is InChI=1S/C22H18F2N4O2/c23-20(24)21-27-18-8-7-15(11-19(18)28-21)22(29)26-12-14-4-3-6-17(10-14)30-13-16-5-1-2-9-25-16/h1-11,20H,12-13H2,(H,26,29)(H,27,28). The first kappa shape index (κ1) is 19.5. The number of hydrogen-bond donors (Lipinski definition) is 2. The minimum absolute atomic E-state index is 0.295. The lowest BCUT2D eigenvalue weighted by Crippen LogP contribution is -2.22. The molecule has 2 heterocycles. The van der Waals surface area contributed by atoms with Crippen LogP contribution in [-0.2, 0) is 13.2 Å². The van der Waals surface area contributed by atoms with Crippen LogP contribution >= 0.6 is 0 Å². The molecule has 152 valence electrons. The minimum atomic E-state index is -2.69. The fourth-order valence-electron chi connectivity index (χ4n) is 2.94. The van der Waals surface area contributed by atoms with Gasteiger partial charge in [-0.2, -0.15) is 0 Å². The summed E-state index contributed by atoms with van der Waals surface area (Å²) in [4.78, 5) is 23.0. The molecule has 0 unspecified atom stereocenters. The maximum absolute atomic E-state index is 12.8. The van der Waals surface area contributed by atoms with Crippen molar-refractivity contribution in [2.75, 3.05) is 0 Å². The first-order chi connectivity index (χ1) is 14.6. The summed E-state index contributed by atoms with van der Waals surface area (Å²) in [6, 6.07) is 17.6. The summed E-state index contributed by atoms with van der Waals surface area (Å²) in [5.74, 6) is -0.0548. The zero-order valence-corrected chi connectivity index (χ0v) is 15.8. The fraction of sp³-hybridized carbons (Fsp3) is 0.136. The first-order valence-corrected chi connectivity index (χ1v) is 9.26. The molecule has 0 radical (unpaired) electrons. The highest BCUT2D eigenvalue weighted by Gasteiger charge is 2.14. The summed E-state index contributed by atoms with van der Waals surface area (Å²) in [5, 5.41) is 2.82. The summed E-state index contributed by atoms with van der Waals surface area (Å²) in [6.45, 7) is 0.643. The normalized spacial score (nSPS) is 11.0. The largest absolute Gasteiger partial charge is 0.487 e. The van der Waals surface area contributed by atoms with E-state index in [9.17, 15) is 13.6 Å². The predicted octanol–water partition coefficient (Wildman–Crippen LogP) is 4.40. The Kier molecular flexibility index (Phi) is 5.65. The highest BCUT2D eigenvalue weighted by molar-refractivity contribution is 5.97. The topological polar surface area (TPSA) is 79.9 Å². The molecule has 0 aliphatic rings. The smallest absolute Gasteiger partial charge is 0.295 e. The second-order valence-electron chi connectivity index (χ2n) is 6.59. The summed E-state index contributed by atoms with van der Waals surface area (Å²) in [7, 11) is 0. The second-order valence-corrected chi connectivity index (χ2v) is 6.59. The van der Waals surface area contributed by atoms with Crippen LogP contribution in [0.3, 0.4) is 0 Å². The highest BCUT2D eigenvalue weighted by atomic mass is 19.3. The molecular formula is C22H18F2N4O2. The molecule has 6 nitrogen and oxygen atoms in total. The van der Waals surface area contributed by atoms with Crippen LogP contribution in [0, 0.1) is 0 Å². The van der Waals surface area contributed by atoms with E-state index in [1.807, 2.05) is 42.5 Å². The van der Waals surface area contributed by atoms with Crippen molar-refractivity contribution in [1.29, 1.82) is 0 Å². The van der Waals surface area contributed by atoms with Crippen molar-refractivity contribution in [1.82, 2.24) is 20.3 Å². The number of aromatic amines is 1. The van der Waals surface area contributed by atoms with Crippen molar-refractivity contribution in [2.24, 2.45) is 0 Å². The molecule has 0 atom stereocenters. The monoisotopic (exact) mass is 408 g/mol. The molecule has 0 aliphatic carbocycles. The van der Waals surface area contributed by atoms with Crippen LogP contribution in [0.4, 0.5) is 8.78 Å². The van der Waals surface area contributed by atoms with Crippen LogP contribution < -0.4 is 10.1 Å². The van der Waals surface area contributed by atoms with Crippen LogP contribution in [-0.4, -0.2) is 20.9 Å². The number of hydrogen-bond acceptors (Lipinski definition) is 4. The summed E-state index contributed by atoms with van der Waals surface area (Å²) >= 11 is 0. The van der Waals surface area contributed by atoms with E-state index in [2.05, 4.69) is 20.3 Å². The number of ether oxygens (including phenoxy) is 1. The van der Waals surface area contributed by atoms with E-state index >= 15 is 0 Å². The number of imidazole rings is 1. The Morgan fingerprint density at radius 1 is 1.10 bits per heavy atom. The molecule has 30 heavy (non-hydrogen) atoms. The van der Waals surface area contributed by atoms with Gasteiger partial charge in [0, 0.05) is 18.3 Å². The lowest BCUT2D eigenvalue weighted by Gasteiger charge is -2.09. The molecule has 0 aliphatic heterocycles. The van der Waals surface area contributed by atoms with Gasteiger partial charge in [-0.25, -0.2) is 13.8 Å². The van der Waals surface area contributed by atoms with E-state index in [0.717, 1.165) is 11.3 Å². The number of pyridine rings is 1. The molecular weight excluding hydrogens is 390 g/mol. The second kappa shape index (κ2) is 8.69. The van der Waals surface area contributed by atoms with Crippen molar-refractivity contribution in [3.05, 3.63) is 89.5 Å². The minimum Gasteiger partial charge on any atom is -0.487 e. The number of nitrogens with zero attached hydrogens (tertiary/aromatic N) is 2. The van der Waals surface area contributed by atoms with Crippen molar-refractivity contribution >= 4 is 16.9 Å². The number of amides is 1. The third-order valence-electron chi connectivity index (χ3n) is 4.43. The van der Waals surface area contributed by atoms with Gasteiger partial charge in [0.1, 0.15) is 12.4 Å². The van der Waals surface area contributed by atoms with Crippen molar-refractivity contribution in [3.8, 4) is 5.75 Å². The Hall–Kier alpha value is -3.81. The Morgan fingerprint density at radius 2 is 2.00 bits per heavy atom. The molecule has 0 saturated carbocycles. The van der Waals surface area contributed by atoms with Gasteiger partial charge in [0.2, 0.25) is 0 Å². The van der Waals surface area contributed by atoms with E-state index in [1.165, 1.54) is 6.07 Å². The number of H-pyrrole nitrogens is 1. The van der Waals surface area contributed by atoms with Crippen LogP contribution in [0.15, 0.2) is 66.9 Å². The first-order valence-electron chi connectivity index (χ1n) is 9.26. The molecule has 0 bridgehead atoms. The van der Waals surface area contributed by atoms with Crippen LogP contribution in [0.2, 0.25) is 0 Å². The summed E-state index contributed by atoms with van der Waals surface area (Å²) < 4.78 is 31.3. The number of nitrogens with one attached hydrogen (secondary N) is 2. The Morgan fingerprint density at radius 3 is 2.80 bits per heavy atom. The Labute approximate surface area is 170 Å². The van der Waals surface area contributed by atoms with E-state index in [1.54, 1.807) is 18.3 Å². The number of benzene rings is 2. The van der Waals surface area contributed by atoms with Gasteiger partial charge in [0.25, 0.3) is 12.3 Å². The number of aromatic nitrogens is 3. The SMILES string of the molecule is O=C(NCc1cccc(OCc2ccccn2)c1)c1ccc2nc(C(F)F)[nH]c2c1. The zero-order valence-electron chi connectivity index (χ0n) is 15.8. The van der Waals surface area contributed by atoms with Gasteiger partial charge < -0.3 is 15.0 Å². The molecule has 4 aromatic rings. The molecule has 8 heteroatoms. The number of halogens is 2. The summed E-state index contributed by atoms with van der Waals surface area (Å²) in [6.07, 6.45) is -0.985. The lowest BCUT2D eigenvalue weighted by molar-refractivity contribution is 0.0951. The third-order valence-corrected chi connectivity index (χ3v) is 4.43. The van der Waals surface area contributed by atoms with E-state index in [4.69, 9.17) is 4.74 Å². The zero-order chi connectivity index (χ0) is 20.9. The number of fused-ring (bicyclic) bond motifs is 1. The molecule has 2 aromatic heterocycles. The molecule has 0 fully saturated rings. The van der Waals surface area contributed by atoms with Crippen LogP contribution in [0.1, 0.15) is 33.9 Å². The predicted molar refractivity (Wildman–Crippen MR) is 107 cm³/mol. The van der Waals surface area contributed by atoms with Gasteiger partial charge in [0.05, 0.1) is 16.7 Å². The lowest BCUT2D eigenvalue weighted by atomic mass is 10.1. The van der Waals surface area contributed by atoms with Gasteiger partial charge in [-0.1, -0.05) is 18.2 Å². The number of rotatable bonds is 7. The molecule has 0 saturated heterocycles. The van der Waals surface area contributed by atoms with Gasteiger partial charge >= 0.3 is 0 Å².